The van der Waals surface area contributed by atoms with Crippen LogP contribution < -0.4 is 5.32 Å². The normalized spacial score (nSPS) is 14.4. The molecule has 3 heteroatoms. The van der Waals surface area contributed by atoms with Gasteiger partial charge in [0.15, 0.2) is 0 Å². The molecular formula is C11H25NO2. The molecule has 0 amide bonds. The van der Waals surface area contributed by atoms with E-state index in [1.807, 2.05) is 6.92 Å². The van der Waals surface area contributed by atoms with Crippen LogP contribution in [0.4, 0.5) is 0 Å². The van der Waals surface area contributed by atoms with Gasteiger partial charge >= 0.3 is 0 Å². The lowest BCUT2D eigenvalue weighted by Gasteiger charge is -2.27. The van der Waals surface area contributed by atoms with E-state index in [1.54, 1.807) is 7.11 Å². The summed E-state index contributed by atoms with van der Waals surface area (Å²) in [6, 6.07) is 0.481. The van der Waals surface area contributed by atoms with E-state index in [0.29, 0.717) is 6.04 Å². The Morgan fingerprint density at radius 2 is 2.00 bits per heavy atom. The Hall–Kier alpha value is -0.120. The van der Waals surface area contributed by atoms with Crippen molar-refractivity contribution in [2.24, 2.45) is 0 Å². The van der Waals surface area contributed by atoms with Crippen molar-refractivity contribution >= 4 is 0 Å². The molecule has 0 fully saturated rings. The second kappa shape index (κ2) is 7.21. The van der Waals surface area contributed by atoms with Gasteiger partial charge < -0.3 is 14.8 Å². The lowest BCUT2D eigenvalue weighted by molar-refractivity contribution is -0.0108. The first-order valence-corrected chi connectivity index (χ1v) is 5.38. The zero-order chi connectivity index (χ0) is 11.0. The predicted molar refractivity (Wildman–Crippen MR) is 59.7 cm³/mol. The molecule has 0 aliphatic rings. The minimum Gasteiger partial charge on any atom is -0.385 e. The summed E-state index contributed by atoms with van der Waals surface area (Å²) in [7, 11) is 1.73. The Balaban J connectivity index is 3.58. The van der Waals surface area contributed by atoms with Crippen molar-refractivity contribution in [3.63, 3.8) is 0 Å². The number of rotatable bonds is 8. The quantitative estimate of drug-likeness (QED) is 0.652. The predicted octanol–water partition coefficient (Wildman–Crippen LogP) is 1.82. The average molecular weight is 203 g/mol. The van der Waals surface area contributed by atoms with Crippen LogP contribution in [0, 0.1) is 0 Å². The molecule has 0 saturated heterocycles. The third-order valence-electron chi connectivity index (χ3n) is 2.17. The number of nitrogens with one attached hydrogen (secondary N) is 1. The molecule has 0 aromatic rings. The molecule has 0 saturated carbocycles. The van der Waals surface area contributed by atoms with Crippen LogP contribution in [0.2, 0.25) is 0 Å². The van der Waals surface area contributed by atoms with E-state index in [2.05, 4.69) is 26.1 Å². The third-order valence-corrected chi connectivity index (χ3v) is 2.17. The fraction of sp³-hybridized carbons (Fsp3) is 1.00. The first kappa shape index (κ1) is 13.9. The van der Waals surface area contributed by atoms with E-state index >= 15 is 0 Å². The Kier molecular flexibility index (Phi) is 7.15. The van der Waals surface area contributed by atoms with Crippen molar-refractivity contribution < 1.29 is 9.47 Å². The molecular weight excluding hydrogens is 178 g/mol. The Bertz CT molecular complexity index is 137. The first-order valence-electron chi connectivity index (χ1n) is 5.38. The largest absolute Gasteiger partial charge is 0.385 e. The van der Waals surface area contributed by atoms with Crippen molar-refractivity contribution in [2.45, 2.75) is 45.8 Å². The van der Waals surface area contributed by atoms with Gasteiger partial charge in [-0.25, -0.2) is 0 Å². The second-order valence-electron chi connectivity index (χ2n) is 4.26. The van der Waals surface area contributed by atoms with Crippen LogP contribution in [0.3, 0.4) is 0 Å². The molecule has 0 spiro atoms. The fourth-order valence-corrected chi connectivity index (χ4v) is 1.26. The van der Waals surface area contributed by atoms with Gasteiger partial charge in [0.1, 0.15) is 0 Å². The highest BCUT2D eigenvalue weighted by atomic mass is 16.5. The zero-order valence-electron chi connectivity index (χ0n) is 10.2. The molecule has 3 nitrogen and oxygen atoms in total. The summed E-state index contributed by atoms with van der Waals surface area (Å²) in [5.41, 5.74) is -0.0733. The summed E-state index contributed by atoms with van der Waals surface area (Å²) in [4.78, 5) is 0. The molecule has 0 aliphatic carbocycles. The van der Waals surface area contributed by atoms with Gasteiger partial charge in [-0.05, 0) is 34.1 Å². The molecule has 0 aromatic carbocycles. The molecule has 0 heterocycles. The first-order chi connectivity index (χ1) is 6.52. The van der Waals surface area contributed by atoms with Crippen molar-refractivity contribution in [2.75, 3.05) is 26.9 Å². The highest BCUT2D eigenvalue weighted by molar-refractivity contribution is 4.74. The average Bonchev–Trinajstić information content (AvgIpc) is 2.11. The lowest BCUT2D eigenvalue weighted by Crippen LogP contribution is -2.41. The molecule has 86 valence electrons. The van der Waals surface area contributed by atoms with E-state index < -0.39 is 0 Å². The summed E-state index contributed by atoms with van der Waals surface area (Å²) in [6.45, 7) is 10.9. The summed E-state index contributed by atoms with van der Waals surface area (Å²) in [5, 5.41) is 3.44. The Morgan fingerprint density at radius 1 is 1.36 bits per heavy atom. The van der Waals surface area contributed by atoms with E-state index in [9.17, 15) is 0 Å². The van der Waals surface area contributed by atoms with Gasteiger partial charge in [0.05, 0.1) is 5.60 Å². The van der Waals surface area contributed by atoms with Crippen molar-refractivity contribution in [1.29, 1.82) is 0 Å². The molecule has 1 atom stereocenters. The standard InChI is InChI=1S/C11H25NO2/c1-6-14-11(3,4)9-12-10(2)7-8-13-5/h10,12H,6-9H2,1-5H3. The second-order valence-corrected chi connectivity index (χ2v) is 4.26. The topological polar surface area (TPSA) is 30.5 Å². The summed E-state index contributed by atoms with van der Waals surface area (Å²) in [6.07, 6.45) is 1.04. The minimum atomic E-state index is -0.0733. The molecule has 14 heavy (non-hydrogen) atoms. The monoisotopic (exact) mass is 203 g/mol. The molecule has 0 aliphatic heterocycles. The van der Waals surface area contributed by atoms with Crippen molar-refractivity contribution in [3.05, 3.63) is 0 Å². The number of hydrogen-bond acceptors (Lipinski definition) is 3. The van der Waals surface area contributed by atoms with Gasteiger partial charge in [-0.1, -0.05) is 0 Å². The maximum absolute atomic E-state index is 5.59. The molecule has 1 N–H and O–H groups in total. The van der Waals surface area contributed by atoms with Crippen LogP contribution >= 0.6 is 0 Å². The van der Waals surface area contributed by atoms with Gasteiger partial charge in [-0.15, -0.1) is 0 Å². The van der Waals surface area contributed by atoms with Gasteiger partial charge in [0.25, 0.3) is 0 Å². The van der Waals surface area contributed by atoms with E-state index in [4.69, 9.17) is 9.47 Å². The van der Waals surface area contributed by atoms with Crippen LogP contribution in [0.1, 0.15) is 34.1 Å². The van der Waals surface area contributed by atoms with Gasteiger partial charge in [0.2, 0.25) is 0 Å². The maximum Gasteiger partial charge on any atom is 0.0750 e. The van der Waals surface area contributed by atoms with Gasteiger partial charge in [-0.3, -0.25) is 0 Å². The number of hydrogen-bond donors (Lipinski definition) is 1. The van der Waals surface area contributed by atoms with Crippen LogP contribution in [0.15, 0.2) is 0 Å². The Morgan fingerprint density at radius 3 is 2.50 bits per heavy atom. The van der Waals surface area contributed by atoms with Gasteiger partial charge in [0, 0.05) is 32.9 Å². The summed E-state index contributed by atoms with van der Waals surface area (Å²) in [5.74, 6) is 0. The highest BCUT2D eigenvalue weighted by Crippen LogP contribution is 2.07. The molecule has 0 aromatic heterocycles. The smallest absolute Gasteiger partial charge is 0.0750 e. The lowest BCUT2D eigenvalue weighted by atomic mass is 10.1. The number of ether oxygens (including phenoxy) is 2. The SMILES string of the molecule is CCOC(C)(C)CNC(C)CCOC. The van der Waals surface area contributed by atoms with Crippen LogP contribution in [-0.4, -0.2) is 38.5 Å². The van der Waals surface area contributed by atoms with Crippen molar-refractivity contribution in [1.82, 2.24) is 5.32 Å². The van der Waals surface area contributed by atoms with Crippen LogP contribution in [-0.2, 0) is 9.47 Å². The van der Waals surface area contributed by atoms with E-state index in [0.717, 1.165) is 26.2 Å². The van der Waals surface area contributed by atoms with E-state index in [-0.39, 0.29) is 5.60 Å². The zero-order valence-corrected chi connectivity index (χ0v) is 10.2. The Labute approximate surface area is 88.2 Å². The minimum absolute atomic E-state index is 0.0733. The third kappa shape index (κ3) is 7.30. The van der Waals surface area contributed by atoms with Gasteiger partial charge in [-0.2, -0.15) is 0 Å². The van der Waals surface area contributed by atoms with Crippen molar-refractivity contribution in [3.8, 4) is 0 Å². The van der Waals surface area contributed by atoms with Crippen LogP contribution in [0.25, 0.3) is 0 Å². The summed E-state index contributed by atoms with van der Waals surface area (Å²) < 4.78 is 10.6. The van der Waals surface area contributed by atoms with E-state index in [1.165, 1.54) is 0 Å². The fourth-order valence-electron chi connectivity index (χ4n) is 1.26. The molecule has 0 radical (unpaired) electrons. The maximum atomic E-state index is 5.59. The summed E-state index contributed by atoms with van der Waals surface area (Å²) >= 11 is 0. The molecule has 1 unspecified atom stereocenters. The molecule has 0 rings (SSSR count). The highest BCUT2D eigenvalue weighted by Gasteiger charge is 2.17. The number of methoxy groups -OCH3 is 1. The molecule has 0 bridgehead atoms. The van der Waals surface area contributed by atoms with Crippen LogP contribution in [0.5, 0.6) is 0 Å².